The molecular weight excluding hydrogens is 396 g/mol. The van der Waals surface area contributed by atoms with Gasteiger partial charge in [0.1, 0.15) is 0 Å². The number of piperazine rings is 1. The molecule has 1 saturated heterocycles. The van der Waals surface area contributed by atoms with Crippen LogP contribution < -0.4 is 19.5 Å². The molecule has 0 unspecified atom stereocenters. The largest absolute Gasteiger partial charge is 0.493 e. The molecule has 0 atom stereocenters. The minimum absolute atomic E-state index is 0.627. The predicted octanol–water partition coefficient (Wildman–Crippen LogP) is 2.47. The lowest BCUT2D eigenvalue weighted by molar-refractivity contribution is 0.126. The van der Waals surface area contributed by atoms with Crippen LogP contribution in [0.4, 0.5) is 0 Å². The first kappa shape index (κ1) is 25.1. The molecule has 1 heterocycles. The van der Waals surface area contributed by atoms with E-state index in [2.05, 4.69) is 34.0 Å². The van der Waals surface area contributed by atoms with Gasteiger partial charge in [-0.1, -0.05) is 13.8 Å². The zero-order valence-corrected chi connectivity index (χ0v) is 20.1. The number of ether oxygens (including phenoxy) is 4. The number of hydrogen-bond donors (Lipinski definition) is 1. The van der Waals surface area contributed by atoms with Gasteiger partial charge < -0.3 is 29.2 Å². The van der Waals surface area contributed by atoms with E-state index in [1.807, 2.05) is 19.2 Å². The molecule has 1 aromatic carbocycles. The number of aliphatic imine (C=N–C) groups is 1. The van der Waals surface area contributed by atoms with Crippen LogP contribution in [-0.4, -0.2) is 90.1 Å². The van der Waals surface area contributed by atoms with Gasteiger partial charge in [-0.3, -0.25) is 9.89 Å². The number of rotatable bonds is 11. The monoisotopic (exact) mass is 436 g/mol. The van der Waals surface area contributed by atoms with Crippen molar-refractivity contribution in [3.63, 3.8) is 0 Å². The van der Waals surface area contributed by atoms with Crippen LogP contribution in [0.25, 0.3) is 0 Å². The Balaban J connectivity index is 1.81. The standard InChI is InChI=1S/C23H40N4O4/c1-18(2)7-13-31-14-8-25-23(24-3)27-11-9-26(10-12-27)17-19-15-20(28-4)22(30-6)21(16-19)29-5/h15-16,18H,7-14,17H2,1-6H3,(H,24,25). The Morgan fingerprint density at radius 2 is 1.65 bits per heavy atom. The predicted molar refractivity (Wildman–Crippen MR) is 125 cm³/mol. The molecule has 0 aliphatic carbocycles. The lowest BCUT2D eigenvalue weighted by Gasteiger charge is -2.36. The summed E-state index contributed by atoms with van der Waals surface area (Å²) in [5.41, 5.74) is 1.14. The normalized spacial score (nSPS) is 15.3. The molecule has 0 amide bonds. The van der Waals surface area contributed by atoms with E-state index < -0.39 is 0 Å². The fraction of sp³-hybridized carbons (Fsp3) is 0.696. The maximum absolute atomic E-state index is 5.69. The Bertz CT molecular complexity index is 663. The number of guanidine groups is 1. The van der Waals surface area contributed by atoms with E-state index in [0.717, 1.165) is 63.8 Å². The Morgan fingerprint density at radius 1 is 1.00 bits per heavy atom. The minimum Gasteiger partial charge on any atom is -0.493 e. The second kappa shape index (κ2) is 13.3. The number of hydrogen-bond acceptors (Lipinski definition) is 6. The molecule has 1 aliphatic heterocycles. The van der Waals surface area contributed by atoms with Crippen LogP contribution in [0.2, 0.25) is 0 Å². The molecule has 1 N–H and O–H groups in total. The van der Waals surface area contributed by atoms with E-state index in [-0.39, 0.29) is 0 Å². The Morgan fingerprint density at radius 3 is 2.16 bits per heavy atom. The van der Waals surface area contributed by atoms with Gasteiger partial charge in [-0.15, -0.1) is 0 Å². The lowest BCUT2D eigenvalue weighted by Crippen LogP contribution is -2.52. The van der Waals surface area contributed by atoms with Crippen LogP contribution in [0.15, 0.2) is 17.1 Å². The number of nitrogens with one attached hydrogen (secondary N) is 1. The fourth-order valence-corrected chi connectivity index (χ4v) is 3.59. The van der Waals surface area contributed by atoms with Crippen LogP contribution >= 0.6 is 0 Å². The van der Waals surface area contributed by atoms with Gasteiger partial charge in [-0.05, 0) is 30.0 Å². The highest BCUT2D eigenvalue weighted by Crippen LogP contribution is 2.38. The molecule has 1 aromatic rings. The van der Waals surface area contributed by atoms with Crippen LogP contribution in [0, 0.1) is 5.92 Å². The van der Waals surface area contributed by atoms with Crippen LogP contribution in [0.5, 0.6) is 17.2 Å². The molecule has 8 heteroatoms. The van der Waals surface area contributed by atoms with Crippen molar-refractivity contribution >= 4 is 5.96 Å². The van der Waals surface area contributed by atoms with Crippen molar-refractivity contribution in [3.8, 4) is 17.2 Å². The Kier molecular flexibility index (Phi) is 10.7. The zero-order chi connectivity index (χ0) is 22.6. The third-order valence-electron chi connectivity index (χ3n) is 5.38. The maximum atomic E-state index is 5.69. The van der Waals surface area contributed by atoms with E-state index in [9.17, 15) is 0 Å². The molecule has 0 aromatic heterocycles. The maximum Gasteiger partial charge on any atom is 0.203 e. The third-order valence-corrected chi connectivity index (χ3v) is 5.38. The average molecular weight is 437 g/mol. The quantitative estimate of drug-likeness (QED) is 0.325. The van der Waals surface area contributed by atoms with E-state index in [4.69, 9.17) is 18.9 Å². The lowest BCUT2D eigenvalue weighted by atomic mass is 10.1. The van der Waals surface area contributed by atoms with Gasteiger partial charge in [0.2, 0.25) is 5.75 Å². The third kappa shape index (κ3) is 7.78. The summed E-state index contributed by atoms with van der Waals surface area (Å²) in [5, 5.41) is 3.42. The van der Waals surface area contributed by atoms with Crippen LogP contribution in [-0.2, 0) is 11.3 Å². The van der Waals surface area contributed by atoms with E-state index in [1.165, 1.54) is 0 Å². The molecule has 1 fully saturated rings. The molecule has 176 valence electrons. The first-order chi connectivity index (χ1) is 15.0. The molecular formula is C23H40N4O4. The van der Waals surface area contributed by atoms with E-state index in [0.29, 0.717) is 29.8 Å². The van der Waals surface area contributed by atoms with Gasteiger partial charge in [-0.25, -0.2) is 0 Å². The summed E-state index contributed by atoms with van der Waals surface area (Å²) in [6.45, 7) is 11.3. The second-order valence-electron chi connectivity index (χ2n) is 8.07. The van der Waals surface area contributed by atoms with Gasteiger partial charge in [-0.2, -0.15) is 0 Å². The first-order valence-corrected chi connectivity index (χ1v) is 11.1. The van der Waals surface area contributed by atoms with Crippen molar-refractivity contribution in [3.05, 3.63) is 17.7 Å². The fourth-order valence-electron chi connectivity index (χ4n) is 3.59. The van der Waals surface area contributed by atoms with Crippen molar-refractivity contribution in [2.45, 2.75) is 26.8 Å². The van der Waals surface area contributed by atoms with E-state index >= 15 is 0 Å². The van der Waals surface area contributed by atoms with E-state index in [1.54, 1.807) is 21.3 Å². The Labute approximate surface area is 187 Å². The smallest absolute Gasteiger partial charge is 0.203 e. The Hall–Kier alpha value is -2.19. The average Bonchev–Trinajstić information content (AvgIpc) is 2.78. The molecule has 2 rings (SSSR count). The van der Waals surface area contributed by atoms with Crippen molar-refractivity contribution in [2.24, 2.45) is 10.9 Å². The number of methoxy groups -OCH3 is 3. The topological polar surface area (TPSA) is 67.8 Å². The molecule has 31 heavy (non-hydrogen) atoms. The van der Waals surface area contributed by atoms with Crippen LogP contribution in [0.1, 0.15) is 25.8 Å². The highest BCUT2D eigenvalue weighted by atomic mass is 16.5. The van der Waals surface area contributed by atoms with Gasteiger partial charge in [0.05, 0.1) is 27.9 Å². The van der Waals surface area contributed by atoms with Crippen molar-refractivity contribution < 1.29 is 18.9 Å². The van der Waals surface area contributed by atoms with Crippen molar-refractivity contribution in [1.29, 1.82) is 0 Å². The summed E-state index contributed by atoms with van der Waals surface area (Å²) in [5.74, 6) is 3.63. The van der Waals surface area contributed by atoms with Gasteiger partial charge in [0, 0.05) is 52.9 Å². The van der Waals surface area contributed by atoms with Gasteiger partial charge in [0.25, 0.3) is 0 Å². The summed E-state index contributed by atoms with van der Waals surface area (Å²) in [6.07, 6.45) is 1.10. The number of benzene rings is 1. The molecule has 0 bridgehead atoms. The summed E-state index contributed by atoms with van der Waals surface area (Å²) in [7, 11) is 6.75. The molecule has 0 radical (unpaired) electrons. The molecule has 8 nitrogen and oxygen atoms in total. The van der Waals surface area contributed by atoms with Crippen molar-refractivity contribution in [2.75, 3.05) is 74.3 Å². The number of nitrogens with zero attached hydrogens (tertiary/aromatic N) is 3. The van der Waals surface area contributed by atoms with Crippen LogP contribution in [0.3, 0.4) is 0 Å². The van der Waals surface area contributed by atoms with Crippen molar-refractivity contribution in [1.82, 2.24) is 15.1 Å². The SMILES string of the molecule is CN=C(NCCOCCC(C)C)N1CCN(Cc2cc(OC)c(OC)c(OC)c2)CC1. The minimum atomic E-state index is 0.627. The second-order valence-corrected chi connectivity index (χ2v) is 8.07. The van der Waals surface area contributed by atoms with Gasteiger partial charge in [0.15, 0.2) is 17.5 Å². The summed E-state index contributed by atoms with van der Waals surface area (Å²) in [6, 6.07) is 4.04. The first-order valence-electron chi connectivity index (χ1n) is 11.1. The summed E-state index contributed by atoms with van der Waals surface area (Å²) in [4.78, 5) is 9.18. The summed E-state index contributed by atoms with van der Waals surface area (Å²) >= 11 is 0. The zero-order valence-electron chi connectivity index (χ0n) is 20.1. The van der Waals surface area contributed by atoms with Gasteiger partial charge >= 0.3 is 0 Å². The molecule has 1 aliphatic rings. The highest BCUT2D eigenvalue weighted by molar-refractivity contribution is 5.80. The molecule has 0 spiro atoms. The highest BCUT2D eigenvalue weighted by Gasteiger charge is 2.21. The summed E-state index contributed by atoms with van der Waals surface area (Å²) < 4.78 is 22.1. The molecule has 0 saturated carbocycles.